The molecule has 1 atom stereocenters. The number of likely N-dealkylation sites (tertiary alicyclic amines) is 2. The predicted octanol–water partition coefficient (Wildman–Crippen LogP) is 0.391. The van der Waals surface area contributed by atoms with Crippen LogP contribution in [0.1, 0.15) is 28.9 Å². The lowest BCUT2D eigenvalue weighted by Crippen LogP contribution is -2.43. The summed E-state index contributed by atoms with van der Waals surface area (Å²) < 4.78 is 2.16. The maximum Gasteiger partial charge on any atom is 0.331 e. The van der Waals surface area contributed by atoms with Crippen molar-refractivity contribution in [1.29, 1.82) is 0 Å². The number of carbonyl (C=O) groups excluding carboxylic acids is 2. The fourth-order valence-corrected chi connectivity index (χ4v) is 4.54. The van der Waals surface area contributed by atoms with E-state index in [2.05, 4.69) is 12.1 Å². The Morgan fingerprint density at radius 3 is 2.43 bits per heavy atom. The molecule has 4 rings (SSSR count). The lowest BCUT2D eigenvalue weighted by Gasteiger charge is -2.24. The van der Waals surface area contributed by atoms with E-state index < -0.39 is 16.7 Å². The van der Waals surface area contributed by atoms with Crippen molar-refractivity contribution >= 4 is 11.8 Å². The van der Waals surface area contributed by atoms with Gasteiger partial charge >= 0.3 is 5.69 Å². The summed E-state index contributed by atoms with van der Waals surface area (Å²) in [5.74, 6) is -0.272. The van der Waals surface area contributed by atoms with Gasteiger partial charge in [-0.3, -0.25) is 23.5 Å². The number of carbonyl (C=O) groups is 2. The van der Waals surface area contributed by atoms with E-state index in [0.717, 1.165) is 17.4 Å². The molecule has 30 heavy (non-hydrogen) atoms. The zero-order valence-electron chi connectivity index (χ0n) is 17.3. The van der Waals surface area contributed by atoms with Crippen LogP contribution in [0.2, 0.25) is 0 Å². The van der Waals surface area contributed by atoms with Gasteiger partial charge in [0, 0.05) is 46.3 Å². The third-order valence-electron chi connectivity index (χ3n) is 6.50. The minimum absolute atomic E-state index is 0.0616. The van der Waals surface area contributed by atoms with Gasteiger partial charge in [0.2, 0.25) is 5.91 Å². The molecule has 2 saturated heterocycles. The molecule has 8 heteroatoms. The summed E-state index contributed by atoms with van der Waals surface area (Å²) in [5.41, 5.74) is -0.346. The second-order valence-electron chi connectivity index (χ2n) is 8.30. The predicted molar refractivity (Wildman–Crippen MR) is 111 cm³/mol. The standard InChI is InChI=1S/C22H26N4O4/c1-23-17(14-18(27)24(2)21(23)30)19(28)26-13-10-22(15-26)9-12-25(20(22)29)11-8-16-6-4-3-5-7-16/h3-7,14H,8-13,15H2,1-2H3. The summed E-state index contributed by atoms with van der Waals surface area (Å²) in [6.45, 7) is 2.14. The molecule has 1 spiro atoms. The molecule has 2 aromatic rings. The van der Waals surface area contributed by atoms with Crippen LogP contribution < -0.4 is 11.2 Å². The molecule has 2 amide bonds. The van der Waals surface area contributed by atoms with Gasteiger partial charge in [0.05, 0.1) is 5.41 Å². The molecule has 0 radical (unpaired) electrons. The zero-order chi connectivity index (χ0) is 21.5. The summed E-state index contributed by atoms with van der Waals surface area (Å²) in [6, 6.07) is 11.3. The molecule has 0 saturated carbocycles. The Labute approximate surface area is 174 Å². The first-order valence-electron chi connectivity index (χ1n) is 10.2. The Hall–Kier alpha value is -3.16. The largest absolute Gasteiger partial charge is 0.342 e. The van der Waals surface area contributed by atoms with Crippen LogP contribution in [-0.4, -0.2) is 56.9 Å². The second-order valence-corrected chi connectivity index (χ2v) is 8.30. The van der Waals surface area contributed by atoms with E-state index in [1.54, 1.807) is 4.90 Å². The Morgan fingerprint density at radius 2 is 1.70 bits per heavy atom. The van der Waals surface area contributed by atoms with Crippen molar-refractivity contribution in [2.45, 2.75) is 19.3 Å². The van der Waals surface area contributed by atoms with E-state index in [1.165, 1.54) is 30.3 Å². The van der Waals surface area contributed by atoms with E-state index in [0.29, 0.717) is 32.6 Å². The molecular formula is C22H26N4O4. The topological polar surface area (TPSA) is 84.6 Å². The lowest BCUT2D eigenvalue weighted by molar-refractivity contribution is -0.135. The average Bonchev–Trinajstić information content (AvgIpc) is 3.33. The summed E-state index contributed by atoms with van der Waals surface area (Å²) in [4.78, 5) is 53.8. The van der Waals surface area contributed by atoms with Gasteiger partial charge < -0.3 is 9.80 Å². The molecule has 2 aliphatic rings. The average molecular weight is 410 g/mol. The molecule has 0 aliphatic carbocycles. The molecule has 1 aromatic carbocycles. The number of nitrogens with zero attached hydrogens (tertiary/aromatic N) is 4. The lowest BCUT2D eigenvalue weighted by atomic mass is 9.85. The van der Waals surface area contributed by atoms with Gasteiger partial charge in [0.15, 0.2) is 0 Å². The van der Waals surface area contributed by atoms with Crippen molar-refractivity contribution in [3.8, 4) is 0 Å². The Morgan fingerprint density at radius 1 is 1.00 bits per heavy atom. The fourth-order valence-electron chi connectivity index (χ4n) is 4.54. The van der Waals surface area contributed by atoms with Gasteiger partial charge in [-0.2, -0.15) is 0 Å². The third-order valence-corrected chi connectivity index (χ3v) is 6.50. The van der Waals surface area contributed by atoms with Crippen LogP contribution in [0.25, 0.3) is 0 Å². The summed E-state index contributed by atoms with van der Waals surface area (Å²) in [6.07, 6.45) is 2.14. The number of hydrogen-bond donors (Lipinski definition) is 0. The third kappa shape index (κ3) is 3.36. The number of amides is 2. The minimum Gasteiger partial charge on any atom is -0.342 e. The Bertz CT molecular complexity index is 1100. The smallest absolute Gasteiger partial charge is 0.331 e. The maximum atomic E-state index is 13.2. The van der Waals surface area contributed by atoms with Crippen LogP contribution in [-0.2, 0) is 25.3 Å². The Kier molecular flexibility index (Phi) is 5.09. The highest BCUT2D eigenvalue weighted by Gasteiger charge is 2.51. The van der Waals surface area contributed by atoms with Gasteiger partial charge in [-0.15, -0.1) is 0 Å². The molecule has 158 valence electrons. The van der Waals surface area contributed by atoms with Crippen molar-refractivity contribution in [3.05, 3.63) is 68.5 Å². The first-order valence-corrected chi connectivity index (χ1v) is 10.2. The molecule has 1 unspecified atom stereocenters. The SMILES string of the molecule is Cn1c(C(=O)N2CCC3(CCN(CCc4ccccc4)C3=O)C2)cc(=O)n(C)c1=O. The zero-order valence-corrected chi connectivity index (χ0v) is 17.3. The van der Waals surface area contributed by atoms with E-state index in [-0.39, 0.29) is 17.5 Å². The van der Waals surface area contributed by atoms with E-state index in [4.69, 9.17) is 0 Å². The normalized spacial score (nSPS) is 21.1. The van der Waals surface area contributed by atoms with Crippen LogP contribution in [0.4, 0.5) is 0 Å². The molecule has 0 N–H and O–H groups in total. The number of aromatic nitrogens is 2. The van der Waals surface area contributed by atoms with Crippen molar-refractivity contribution < 1.29 is 9.59 Å². The first kappa shape index (κ1) is 20.1. The van der Waals surface area contributed by atoms with Crippen molar-refractivity contribution in [1.82, 2.24) is 18.9 Å². The van der Waals surface area contributed by atoms with Crippen molar-refractivity contribution in [2.75, 3.05) is 26.2 Å². The van der Waals surface area contributed by atoms with Crippen LogP contribution in [0, 0.1) is 5.41 Å². The van der Waals surface area contributed by atoms with Crippen molar-refractivity contribution in [2.24, 2.45) is 19.5 Å². The molecule has 0 bridgehead atoms. The Balaban J connectivity index is 1.46. The molecular weight excluding hydrogens is 384 g/mol. The van der Waals surface area contributed by atoms with Crippen LogP contribution in [0.5, 0.6) is 0 Å². The van der Waals surface area contributed by atoms with Gasteiger partial charge in [-0.25, -0.2) is 4.79 Å². The molecule has 2 fully saturated rings. The fraction of sp³-hybridized carbons (Fsp3) is 0.455. The molecule has 2 aliphatic heterocycles. The summed E-state index contributed by atoms with van der Waals surface area (Å²) >= 11 is 0. The number of benzene rings is 1. The van der Waals surface area contributed by atoms with Crippen LogP contribution in [0.15, 0.2) is 46.0 Å². The molecule has 8 nitrogen and oxygen atoms in total. The van der Waals surface area contributed by atoms with Gasteiger partial charge in [-0.05, 0) is 24.8 Å². The maximum absolute atomic E-state index is 13.2. The molecule has 3 heterocycles. The first-order chi connectivity index (χ1) is 14.3. The number of hydrogen-bond acceptors (Lipinski definition) is 4. The van der Waals surface area contributed by atoms with E-state index >= 15 is 0 Å². The highest BCUT2D eigenvalue weighted by Crippen LogP contribution is 2.41. The highest BCUT2D eigenvalue weighted by atomic mass is 16.2. The van der Waals surface area contributed by atoms with Gasteiger partial charge in [-0.1, -0.05) is 30.3 Å². The van der Waals surface area contributed by atoms with Gasteiger partial charge in [0.1, 0.15) is 5.69 Å². The van der Waals surface area contributed by atoms with Crippen LogP contribution >= 0.6 is 0 Å². The minimum atomic E-state index is -0.551. The summed E-state index contributed by atoms with van der Waals surface area (Å²) in [7, 11) is 2.86. The van der Waals surface area contributed by atoms with Crippen molar-refractivity contribution in [3.63, 3.8) is 0 Å². The monoisotopic (exact) mass is 410 g/mol. The van der Waals surface area contributed by atoms with Gasteiger partial charge in [0.25, 0.3) is 11.5 Å². The molecule has 1 aromatic heterocycles. The number of rotatable bonds is 4. The van der Waals surface area contributed by atoms with E-state index in [9.17, 15) is 19.2 Å². The quantitative estimate of drug-likeness (QED) is 0.730. The van der Waals surface area contributed by atoms with Crippen LogP contribution in [0.3, 0.4) is 0 Å². The highest BCUT2D eigenvalue weighted by molar-refractivity contribution is 5.94. The summed E-state index contributed by atoms with van der Waals surface area (Å²) in [5, 5.41) is 0. The van der Waals surface area contributed by atoms with E-state index in [1.807, 2.05) is 23.1 Å². The second kappa shape index (κ2) is 7.59.